The number of nitrogens with zero attached hydrogens (tertiary/aromatic N) is 1. The summed E-state index contributed by atoms with van der Waals surface area (Å²) >= 11 is 0. The van der Waals surface area contributed by atoms with Crippen LogP contribution in [0.3, 0.4) is 0 Å². The Morgan fingerprint density at radius 2 is 2.05 bits per heavy atom. The van der Waals surface area contributed by atoms with E-state index >= 15 is 0 Å². The van der Waals surface area contributed by atoms with E-state index in [2.05, 4.69) is 11.9 Å². The first-order valence-corrected chi connectivity index (χ1v) is 7.19. The van der Waals surface area contributed by atoms with Crippen LogP contribution >= 0.6 is 0 Å². The summed E-state index contributed by atoms with van der Waals surface area (Å²) in [5.74, 6) is 0.721. The number of ketones is 1. The number of Topliss-reactive ketones (excluding diaryl/α,β-unsaturated/α-hetero) is 1. The Morgan fingerprint density at radius 3 is 2.75 bits per heavy atom. The topological polar surface area (TPSA) is 38.8 Å². The summed E-state index contributed by atoms with van der Waals surface area (Å²) in [5, 5.41) is 0. The van der Waals surface area contributed by atoms with Gasteiger partial charge in [0, 0.05) is 25.8 Å². The zero-order valence-electron chi connectivity index (χ0n) is 12.3. The molecule has 0 spiro atoms. The normalized spacial score (nSPS) is 16.4. The van der Waals surface area contributed by atoms with E-state index in [1.165, 1.54) is 0 Å². The third kappa shape index (κ3) is 4.05. The number of benzene rings is 1. The minimum Gasteiger partial charge on any atom is -0.491 e. The van der Waals surface area contributed by atoms with Gasteiger partial charge in [0.25, 0.3) is 0 Å². The highest BCUT2D eigenvalue weighted by atomic mass is 16.5. The fourth-order valence-corrected chi connectivity index (χ4v) is 2.49. The molecule has 4 heteroatoms. The predicted octanol–water partition coefficient (Wildman–Crippen LogP) is 2.38. The molecule has 1 aliphatic rings. The monoisotopic (exact) mass is 277 g/mol. The van der Waals surface area contributed by atoms with Crippen molar-refractivity contribution in [1.82, 2.24) is 4.90 Å². The summed E-state index contributed by atoms with van der Waals surface area (Å²) in [4.78, 5) is 13.8. The SMILES string of the molecule is CC(=O)c1ccccc1OCCN(C)C1CCOCC1. The third-order valence-corrected chi connectivity index (χ3v) is 3.78. The summed E-state index contributed by atoms with van der Waals surface area (Å²) in [7, 11) is 2.12. The first-order valence-electron chi connectivity index (χ1n) is 7.19. The smallest absolute Gasteiger partial charge is 0.163 e. The largest absolute Gasteiger partial charge is 0.491 e. The van der Waals surface area contributed by atoms with Gasteiger partial charge in [0.2, 0.25) is 0 Å². The minimum atomic E-state index is 0.0402. The number of carbonyl (C=O) groups excluding carboxylic acids is 1. The first kappa shape index (κ1) is 15.0. The molecule has 1 aromatic rings. The van der Waals surface area contributed by atoms with Gasteiger partial charge in [0.05, 0.1) is 5.56 Å². The van der Waals surface area contributed by atoms with Gasteiger partial charge in [-0.25, -0.2) is 0 Å². The Bertz CT molecular complexity index is 441. The van der Waals surface area contributed by atoms with Crippen molar-refractivity contribution >= 4 is 5.78 Å². The van der Waals surface area contributed by atoms with Crippen molar-refractivity contribution in [3.8, 4) is 5.75 Å². The molecule has 0 saturated carbocycles. The van der Waals surface area contributed by atoms with Gasteiger partial charge >= 0.3 is 0 Å². The molecular formula is C16H23NO3. The van der Waals surface area contributed by atoms with Crippen LogP contribution in [0.25, 0.3) is 0 Å². The molecule has 1 saturated heterocycles. The van der Waals surface area contributed by atoms with Crippen molar-refractivity contribution < 1.29 is 14.3 Å². The number of rotatable bonds is 6. The van der Waals surface area contributed by atoms with E-state index in [0.717, 1.165) is 32.6 Å². The molecule has 0 N–H and O–H groups in total. The van der Waals surface area contributed by atoms with Crippen LogP contribution in [0.4, 0.5) is 0 Å². The molecule has 2 rings (SSSR count). The summed E-state index contributed by atoms with van der Waals surface area (Å²) < 4.78 is 11.1. The number of para-hydroxylation sites is 1. The maximum atomic E-state index is 11.5. The molecule has 0 aromatic heterocycles. The van der Waals surface area contributed by atoms with Gasteiger partial charge in [-0.05, 0) is 38.9 Å². The predicted molar refractivity (Wildman–Crippen MR) is 78.4 cm³/mol. The molecule has 1 aliphatic heterocycles. The van der Waals surface area contributed by atoms with Gasteiger partial charge in [-0.1, -0.05) is 12.1 Å². The number of hydrogen-bond acceptors (Lipinski definition) is 4. The molecule has 20 heavy (non-hydrogen) atoms. The molecule has 0 unspecified atom stereocenters. The van der Waals surface area contributed by atoms with Gasteiger partial charge in [0.15, 0.2) is 5.78 Å². The van der Waals surface area contributed by atoms with Gasteiger partial charge in [0.1, 0.15) is 12.4 Å². The highest BCUT2D eigenvalue weighted by Gasteiger charge is 2.18. The Labute approximate surface area is 120 Å². The van der Waals surface area contributed by atoms with E-state index in [4.69, 9.17) is 9.47 Å². The van der Waals surface area contributed by atoms with Crippen molar-refractivity contribution in [3.05, 3.63) is 29.8 Å². The lowest BCUT2D eigenvalue weighted by atomic mass is 10.1. The Morgan fingerprint density at radius 1 is 1.35 bits per heavy atom. The molecule has 4 nitrogen and oxygen atoms in total. The highest BCUT2D eigenvalue weighted by molar-refractivity contribution is 5.96. The fourth-order valence-electron chi connectivity index (χ4n) is 2.49. The van der Waals surface area contributed by atoms with Crippen LogP contribution in [0, 0.1) is 0 Å². The maximum Gasteiger partial charge on any atom is 0.163 e. The fraction of sp³-hybridized carbons (Fsp3) is 0.562. The molecule has 1 aromatic carbocycles. The van der Waals surface area contributed by atoms with Crippen LogP contribution in [0.5, 0.6) is 5.75 Å². The Hall–Kier alpha value is -1.39. The zero-order chi connectivity index (χ0) is 14.4. The summed E-state index contributed by atoms with van der Waals surface area (Å²) in [6, 6.07) is 7.99. The second-order valence-corrected chi connectivity index (χ2v) is 5.22. The summed E-state index contributed by atoms with van der Waals surface area (Å²) in [5.41, 5.74) is 0.654. The number of carbonyl (C=O) groups is 1. The van der Waals surface area contributed by atoms with Crippen molar-refractivity contribution in [3.63, 3.8) is 0 Å². The lowest BCUT2D eigenvalue weighted by Gasteiger charge is -2.31. The second kappa shape index (κ2) is 7.41. The molecule has 110 valence electrons. The standard InChI is InChI=1S/C16H23NO3/c1-13(18)15-5-3-4-6-16(15)20-12-9-17(2)14-7-10-19-11-8-14/h3-6,14H,7-12H2,1-2H3. The highest BCUT2D eigenvalue weighted by Crippen LogP contribution is 2.18. The summed E-state index contributed by atoms with van der Waals surface area (Å²) in [6.07, 6.45) is 2.17. The van der Waals surface area contributed by atoms with Gasteiger partial charge in [-0.3, -0.25) is 9.69 Å². The van der Waals surface area contributed by atoms with Gasteiger partial charge < -0.3 is 9.47 Å². The molecule has 0 radical (unpaired) electrons. The van der Waals surface area contributed by atoms with Crippen molar-refractivity contribution in [1.29, 1.82) is 0 Å². The van der Waals surface area contributed by atoms with E-state index < -0.39 is 0 Å². The average molecular weight is 277 g/mol. The second-order valence-electron chi connectivity index (χ2n) is 5.22. The maximum absolute atomic E-state index is 11.5. The van der Waals surface area contributed by atoms with Crippen LogP contribution < -0.4 is 4.74 Å². The van der Waals surface area contributed by atoms with E-state index in [0.29, 0.717) is 24.0 Å². The number of likely N-dealkylation sites (N-methyl/N-ethyl adjacent to an activating group) is 1. The lowest BCUT2D eigenvalue weighted by Crippen LogP contribution is -2.38. The molecule has 0 bridgehead atoms. The molecule has 1 fully saturated rings. The van der Waals surface area contributed by atoms with Crippen LogP contribution in [0.15, 0.2) is 24.3 Å². The van der Waals surface area contributed by atoms with Crippen LogP contribution in [-0.2, 0) is 4.74 Å². The minimum absolute atomic E-state index is 0.0402. The number of hydrogen-bond donors (Lipinski definition) is 0. The zero-order valence-corrected chi connectivity index (χ0v) is 12.3. The van der Waals surface area contributed by atoms with E-state index in [1.807, 2.05) is 18.2 Å². The van der Waals surface area contributed by atoms with Crippen molar-refractivity contribution in [2.75, 3.05) is 33.4 Å². The molecule has 0 amide bonds. The van der Waals surface area contributed by atoms with Crippen molar-refractivity contribution in [2.45, 2.75) is 25.8 Å². The number of ether oxygens (including phenoxy) is 2. The molecule has 1 heterocycles. The molecular weight excluding hydrogens is 254 g/mol. The summed E-state index contributed by atoms with van der Waals surface area (Å²) in [6.45, 7) is 4.72. The first-order chi connectivity index (χ1) is 9.68. The molecule has 0 atom stereocenters. The van der Waals surface area contributed by atoms with Gasteiger partial charge in [-0.15, -0.1) is 0 Å². The van der Waals surface area contributed by atoms with E-state index in [1.54, 1.807) is 13.0 Å². The quantitative estimate of drug-likeness (QED) is 0.748. The van der Waals surface area contributed by atoms with E-state index in [-0.39, 0.29) is 5.78 Å². The lowest BCUT2D eigenvalue weighted by molar-refractivity contribution is 0.0391. The third-order valence-electron chi connectivity index (χ3n) is 3.78. The van der Waals surface area contributed by atoms with Crippen LogP contribution in [-0.4, -0.2) is 50.1 Å². The van der Waals surface area contributed by atoms with Gasteiger partial charge in [-0.2, -0.15) is 0 Å². The molecule has 0 aliphatic carbocycles. The van der Waals surface area contributed by atoms with Crippen LogP contribution in [0.2, 0.25) is 0 Å². The van der Waals surface area contributed by atoms with Crippen molar-refractivity contribution in [2.24, 2.45) is 0 Å². The average Bonchev–Trinajstić information content (AvgIpc) is 2.48. The van der Waals surface area contributed by atoms with Crippen LogP contribution in [0.1, 0.15) is 30.1 Å². The Balaban J connectivity index is 1.82. The van der Waals surface area contributed by atoms with E-state index in [9.17, 15) is 4.79 Å². The Kier molecular flexibility index (Phi) is 5.56.